The quantitative estimate of drug-likeness (QED) is 0.0745. The van der Waals surface area contributed by atoms with Gasteiger partial charge in [0.05, 0.1) is 19.3 Å². The van der Waals surface area contributed by atoms with Crippen LogP contribution >= 0.6 is 0 Å². The van der Waals surface area contributed by atoms with Crippen LogP contribution in [-0.2, 0) is 25.9 Å². The molecule has 53 heavy (non-hydrogen) atoms. The largest absolute Gasteiger partial charge is 0.507 e. The molecule has 0 bridgehead atoms. The summed E-state index contributed by atoms with van der Waals surface area (Å²) in [6.45, 7) is 23.2. The van der Waals surface area contributed by atoms with Gasteiger partial charge in [-0.2, -0.15) is 0 Å². The molecule has 0 saturated heterocycles. The lowest BCUT2D eigenvalue weighted by molar-refractivity contribution is 0.0516. The molecule has 0 fully saturated rings. The van der Waals surface area contributed by atoms with Gasteiger partial charge in [-0.05, 0) is 104 Å². The smallest absolute Gasteiger partial charge is 0.144 e. The molecule has 0 aliphatic heterocycles. The fraction of sp³-hybridized carbons (Fsp3) is 0.587. The third-order valence-corrected chi connectivity index (χ3v) is 9.66. The van der Waals surface area contributed by atoms with Crippen molar-refractivity contribution in [1.29, 1.82) is 0 Å². The fourth-order valence-electron chi connectivity index (χ4n) is 6.01. The zero-order valence-electron chi connectivity index (χ0n) is 34.3. The molecule has 0 spiro atoms. The summed E-state index contributed by atoms with van der Waals surface area (Å²) in [6, 6.07) is 18.7. The third kappa shape index (κ3) is 13.4. The lowest BCUT2D eigenvalue weighted by Gasteiger charge is -2.37. The zero-order valence-corrected chi connectivity index (χ0v) is 34.3. The van der Waals surface area contributed by atoms with Crippen molar-refractivity contribution < 1.29 is 29.2 Å². The summed E-state index contributed by atoms with van der Waals surface area (Å²) in [7, 11) is 0. The number of aliphatic imine (C=N–C) groups is 1. The Morgan fingerprint density at radius 3 is 1.49 bits per heavy atom. The highest BCUT2D eigenvalue weighted by molar-refractivity contribution is 5.83. The number of unbranched alkanes of at least 4 members (excludes halogenated alkanes) is 4. The summed E-state index contributed by atoms with van der Waals surface area (Å²) in [4.78, 5) is 4.96. The molecular weight excluding hydrogens is 663 g/mol. The Kier molecular flexibility index (Phi) is 17.8. The predicted molar refractivity (Wildman–Crippen MR) is 219 cm³/mol. The zero-order chi connectivity index (χ0) is 38.9. The Hall–Kier alpha value is -3.39. The van der Waals surface area contributed by atoms with Crippen LogP contribution < -0.4 is 9.47 Å². The lowest BCUT2D eigenvalue weighted by atomic mass is 9.75. The number of phenols is 1. The van der Waals surface area contributed by atoms with Crippen LogP contribution in [0.1, 0.15) is 141 Å². The molecule has 0 aliphatic rings. The van der Waals surface area contributed by atoms with E-state index in [-0.39, 0.29) is 16.6 Å². The topological polar surface area (TPSA) is 89.7 Å². The van der Waals surface area contributed by atoms with Crippen LogP contribution in [0.5, 0.6) is 17.2 Å². The Labute approximate surface area is 321 Å². The second-order valence-corrected chi connectivity index (χ2v) is 16.2. The number of nitrogens with zero attached hydrogens (tertiary/aromatic N) is 1. The number of benzene rings is 3. The fourth-order valence-corrected chi connectivity index (χ4v) is 6.01. The molecule has 0 amide bonds. The molecule has 0 aromatic heterocycles. The van der Waals surface area contributed by atoms with E-state index in [0.29, 0.717) is 54.6 Å². The molecule has 0 saturated carbocycles. The van der Waals surface area contributed by atoms with Crippen LogP contribution in [0, 0.1) is 0 Å². The predicted octanol–water partition coefficient (Wildman–Crippen LogP) is 10.7. The van der Waals surface area contributed by atoms with Gasteiger partial charge in [0.2, 0.25) is 0 Å². The second-order valence-electron chi connectivity index (χ2n) is 16.2. The van der Waals surface area contributed by atoms with Crippen LogP contribution in [0.15, 0.2) is 65.7 Å². The van der Waals surface area contributed by atoms with Gasteiger partial charge in [0.25, 0.3) is 0 Å². The van der Waals surface area contributed by atoms with Crippen molar-refractivity contribution in [2.75, 3.05) is 39.6 Å². The van der Waals surface area contributed by atoms with Crippen molar-refractivity contribution in [3.8, 4) is 17.2 Å². The normalized spacial score (nSPS) is 13.1. The van der Waals surface area contributed by atoms with Gasteiger partial charge in [-0.25, -0.2) is 0 Å². The first-order valence-corrected chi connectivity index (χ1v) is 20.0. The van der Waals surface area contributed by atoms with Gasteiger partial charge >= 0.3 is 0 Å². The highest BCUT2D eigenvalue weighted by Crippen LogP contribution is 2.46. The molecule has 0 aliphatic carbocycles. The number of aliphatic hydroxyl groups is 1. The van der Waals surface area contributed by atoms with Crippen molar-refractivity contribution >= 4 is 6.21 Å². The van der Waals surface area contributed by atoms with Crippen molar-refractivity contribution in [3.05, 3.63) is 88.5 Å². The third-order valence-electron chi connectivity index (χ3n) is 9.66. The average molecular weight is 732 g/mol. The van der Waals surface area contributed by atoms with E-state index in [4.69, 9.17) is 23.9 Å². The minimum Gasteiger partial charge on any atom is -0.507 e. The van der Waals surface area contributed by atoms with Crippen LogP contribution in [-0.4, -0.2) is 62.1 Å². The lowest BCUT2D eigenvalue weighted by Crippen LogP contribution is -2.39. The molecule has 2 N–H and O–H groups in total. The molecule has 1 atom stereocenters. The molecule has 7 nitrogen and oxygen atoms in total. The van der Waals surface area contributed by atoms with Gasteiger partial charge < -0.3 is 29.2 Å². The Bertz CT molecular complexity index is 1450. The molecular formula is C46H69NO6. The first kappa shape index (κ1) is 44.0. The van der Waals surface area contributed by atoms with Gasteiger partial charge in [-0.1, -0.05) is 92.5 Å². The summed E-state index contributed by atoms with van der Waals surface area (Å²) < 4.78 is 24.7. The molecule has 0 radical (unpaired) electrons. The minimum atomic E-state index is -1.68. The van der Waals surface area contributed by atoms with Gasteiger partial charge in [0.15, 0.2) is 0 Å². The maximum absolute atomic E-state index is 13.6. The van der Waals surface area contributed by atoms with Gasteiger partial charge in [-0.3, -0.25) is 4.99 Å². The summed E-state index contributed by atoms with van der Waals surface area (Å²) in [6.07, 6.45) is 9.44. The van der Waals surface area contributed by atoms with E-state index in [0.717, 1.165) is 75.7 Å². The van der Waals surface area contributed by atoms with E-state index in [1.165, 1.54) is 0 Å². The van der Waals surface area contributed by atoms with E-state index in [9.17, 15) is 10.2 Å². The van der Waals surface area contributed by atoms with E-state index in [1.54, 1.807) is 18.3 Å². The van der Waals surface area contributed by atoms with E-state index in [2.05, 4.69) is 79.7 Å². The Morgan fingerprint density at radius 1 is 0.623 bits per heavy atom. The number of rotatable bonds is 23. The second kappa shape index (κ2) is 21.5. The summed E-state index contributed by atoms with van der Waals surface area (Å²) >= 11 is 0. The number of para-hydroxylation sites is 1. The first-order valence-electron chi connectivity index (χ1n) is 20.0. The average Bonchev–Trinajstić information content (AvgIpc) is 3.12. The molecule has 3 aromatic rings. The van der Waals surface area contributed by atoms with E-state index >= 15 is 0 Å². The van der Waals surface area contributed by atoms with E-state index in [1.807, 2.05) is 31.2 Å². The standard InChI is InChI=1S/C46H69NO6/c1-10-12-26-50-28-16-18-30-52-42-24-22-37(44(4,5)6)32-39(42)46(49,35(3)47-34-36-20-14-15-21-41(36)48)40-33-38(45(7,8)9)23-25-43(40)53-31-19-17-29-51-27-13-11-2/h14-15,20-25,32-35,48-49H,10-13,16-19,26-31H2,1-9H3. The number of hydrogen-bond donors (Lipinski definition) is 2. The molecule has 0 heterocycles. The maximum atomic E-state index is 13.6. The van der Waals surface area contributed by atoms with Crippen molar-refractivity contribution in [2.45, 2.75) is 136 Å². The highest BCUT2D eigenvalue weighted by atomic mass is 16.5. The summed E-state index contributed by atoms with van der Waals surface area (Å²) in [5.74, 6) is 1.34. The monoisotopic (exact) mass is 732 g/mol. The Balaban J connectivity index is 2.14. The molecule has 7 heteroatoms. The summed E-state index contributed by atoms with van der Waals surface area (Å²) in [5, 5.41) is 24.2. The first-order chi connectivity index (χ1) is 25.2. The number of ether oxygens (including phenoxy) is 4. The molecule has 3 rings (SSSR count). The number of hydrogen-bond acceptors (Lipinski definition) is 7. The molecule has 294 valence electrons. The molecule has 3 aromatic carbocycles. The Morgan fingerprint density at radius 2 is 1.06 bits per heavy atom. The van der Waals surface area contributed by atoms with Crippen LogP contribution in [0.2, 0.25) is 0 Å². The van der Waals surface area contributed by atoms with Crippen molar-refractivity contribution in [1.82, 2.24) is 0 Å². The summed E-state index contributed by atoms with van der Waals surface area (Å²) in [5.41, 5.74) is 1.90. The van der Waals surface area contributed by atoms with Crippen LogP contribution in [0.4, 0.5) is 0 Å². The SMILES string of the molecule is CCCCOCCCCOc1ccc(C(C)(C)C)cc1C(O)(c1cc(C(C)(C)C)ccc1OCCCCOCCCC)C(C)N=Cc1ccccc1O. The van der Waals surface area contributed by atoms with Crippen molar-refractivity contribution in [3.63, 3.8) is 0 Å². The van der Waals surface area contributed by atoms with Gasteiger partial charge in [0, 0.05) is 49.3 Å². The van der Waals surface area contributed by atoms with Crippen LogP contribution in [0.3, 0.4) is 0 Å². The van der Waals surface area contributed by atoms with Crippen molar-refractivity contribution in [2.24, 2.45) is 4.99 Å². The molecule has 1 unspecified atom stereocenters. The van der Waals surface area contributed by atoms with Gasteiger partial charge in [-0.15, -0.1) is 0 Å². The number of aromatic hydroxyl groups is 1. The number of phenolic OH excluding ortho intramolecular Hbond substituents is 1. The maximum Gasteiger partial charge on any atom is 0.144 e. The van der Waals surface area contributed by atoms with E-state index < -0.39 is 11.6 Å². The highest BCUT2D eigenvalue weighted by Gasteiger charge is 2.43. The minimum absolute atomic E-state index is 0.127. The van der Waals surface area contributed by atoms with Crippen LogP contribution in [0.25, 0.3) is 0 Å². The van der Waals surface area contributed by atoms with Gasteiger partial charge in [0.1, 0.15) is 22.8 Å².